The van der Waals surface area contributed by atoms with E-state index in [2.05, 4.69) is 26.2 Å². The lowest BCUT2D eigenvalue weighted by Crippen LogP contribution is -2.13. The number of nitrogens with one attached hydrogen (secondary N) is 1. The normalized spacial score (nSPS) is 10.2. The van der Waals surface area contributed by atoms with E-state index in [1.54, 1.807) is 0 Å². The maximum atomic E-state index is 10.9. The van der Waals surface area contributed by atoms with Crippen molar-refractivity contribution >= 4 is 39.3 Å². The van der Waals surface area contributed by atoms with Gasteiger partial charge < -0.3 is 11.1 Å². The van der Waals surface area contributed by atoms with Crippen LogP contribution in [0, 0.1) is 0 Å². The fourth-order valence-electron chi connectivity index (χ4n) is 1.62. The Hall–Kier alpha value is -1.53. The summed E-state index contributed by atoms with van der Waals surface area (Å²) in [4.78, 5) is 16.2. The first-order valence-electron chi connectivity index (χ1n) is 6.00. The van der Waals surface area contributed by atoms with E-state index in [0.717, 1.165) is 20.9 Å². The number of nitrogens with zero attached hydrogens (tertiary/aromatic N) is 1. The van der Waals surface area contributed by atoms with Gasteiger partial charge in [0, 0.05) is 10.6 Å². The second kappa shape index (κ2) is 7.31. The maximum absolute atomic E-state index is 10.9. The third kappa shape index (κ3) is 4.54. The summed E-state index contributed by atoms with van der Waals surface area (Å²) in [6.07, 6.45) is 0. The average molecular weight is 352 g/mol. The van der Waals surface area contributed by atoms with Gasteiger partial charge in [-0.25, -0.2) is 4.98 Å². The van der Waals surface area contributed by atoms with Crippen molar-refractivity contribution in [3.8, 4) is 0 Å². The molecule has 0 spiro atoms. The Morgan fingerprint density at radius 2 is 2.05 bits per heavy atom. The molecule has 1 aromatic heterocycles. The van der Waals surface area contributed by atoms with Gasteiger partial charge in [-0.05, 0) is 40.2 Å². The Labute approximate surface area is 130 Å². The summed E-state index contributed by atoms with van der Waals surface area (Å²) in [6, 6.07) is 13.6. The monoisotopic (exact) mass is 351 g/mol. The van der Waals surface area contributed by atoms with Crippen LogP contribution in [0.1, 0.15) is 5.69 Å². The van der Waals surface area contributed by atoms with Gasteiger partial charge in [0.15, 0.2) is 0 Å². The number of thioether (sulfide) groups is 1. The number of pyridine rings is 1. The first-order valence-corrected chi connectivity index (χ1v) is 7.78. The van der Waals surface area contributed by atoms with Gasteiger partial charge in [-0.2, -0.15) is 0 Å². The Kier molecular flexibility index (Phi) is 5.43. The smallest absolute Gasteiger partial charge is 0.227 e. The SMILES string of the molecule is NC(=O)CSc1ccccc1NCc1cccc(Br)n1. The molecule has 0 bridgehead atoms. The van der Waals surface area contributed by atoms with Crippen molar-refractivity contribution in [2.24, 2.45) is 5.73 Å². The van der Waals surface area contributed by atoms with Gasteiger partial charge >= 0.3 is 0 Å². The molecule has 0 atom stereocenters. The van der Waals surface area contributed by atoms with Crippen molar-refractivity contribution in [3.63, 3.8) is 0 Å². The summed E-state index contributed by atoms with van der Waals surface area (Å²) in [6.45, 7) is 0.619. The number of primary amides is 1. The Morgan fingerprint density at radius 1 is 1.25 bits per heavy atom. The highest BCUT2D eigenvalue weighted by atomic mass is 79.9. The van der Waals surface area contributed by atoms with Crippen LogP contribution in [0.5, 0.6) is 0 Å². The minimum Gasteiger partial charge on any atom is -0.378 e. The lowest BCUT2D eigenvalue weighted by Gasteiger charge is -2.11. The molecule has 0 aliphatic carbocycles. The third-order valence-electron chi connectivity index (χ3n) is 2.49. The van der Waals surface area contributed by atoms with Crippen LogP contribution in [0.3, 0.4) is 0 Å². The van der Waals surface area contributed by atoms with E-state index < -0.39 is 0 Å². The predicted molar refractivity (Wildman–Crippen MR) is 85.6 cm³/mol. The first-order chi connectivity index (χ1) is 9.65. The van der Waals surface area contributed by atoms with Crippen LogP contribution in [0.4, 0.5) is 5.69 Å². The second-order valence-electron chi connectivity index (χ2n) is 4.06. The molecule has 0 aliphatic heterocycles. The number of amides is 1. The number of carbonyl (C=O) groups excluding carboxylic acids is 1. The number of hydrogen-bond donors (Lipinski definition) is 2. The van der Waals surface area contributed by atoms with Gasteiger partial charge in [-0.1, -0.05) is 18.2 Å². The summed E-state index contributed by atoms with van der Waals surface area (Å²) in [7, 11) is 0. The molecule has 3 N–H and O–H groups in total. The molecule has 1 aromatic carbocycles. The minimum atomic E-state index is -0.321. The zero-order chi connectivity index (χ0) is 14.4. The standard InChI is InChI=1S/C14H14BrN3OS/c15-13-7-3-4-10(18-13)8-17-11-5-1-2-6-12(11)20-9-14(16)19/h1-7,17H,8-9H2,(H2,16,19). The molecule has 4 nitrogen and oxygen atoms in total. The molecule has 20 heavy (non-hydrogen) atoms. The van der Waals surface area contributed by atoms with Gasteiger partial charge in [-0.3, -0.25) is 4.79 Å². The van der Waals surface area contributed by atoms with Crippen molar-refractivity contribution in [1.82, 2.24) is 4.98 Å². The molecule has 1 heterocycles. The number of nitrogens with two attached hydrogens (primary N) is 1. The van der Waals surface area contributed by atoms with E-state index in [9.17, 15) is 4.79 Å². The third-order valence-corrected chi connectivity index (χ3v) is 4.03. The van der Waals surface area contributed by atoms with E-state index in [4.69, 9.17) is 5.73 Å². The van der Waals surface area contributed by atoms with E-state index >= 15 is 0 Å². The number of benzene rings is 1. The Morgan fingerprint density at radius 3 is 2.80 bits per heavy atom. The molecule has 0 saturated carbocycles. The predicted octanol–water partition coefficient (Wildman–Crippen LogP) is 3.03. The summed E-state index contributed by atoms with van der Waals surface area (Å²) in [5.41, 5.74) is 7.09. The number of carbonyl (C=O) groups is 1. The van der Waals surface area contributed by atoms with E-state index in [1.165, 1.54) is 11.8 Å². The van der Waals surface area contributed by atoms with Crippen LogP contribution < -0.4 is 11.1 Å². The van der Waals surface area contributed by atoms with Gasteiger partial charge in [0.2, 0.25) is 5.91 Å². The van der Waals surface area contributed by atoms with Crippen molar-refractivity contribution in [2.75, 3.05) is 11.1 Å². The number of anilines is 1. The number of aromatic nitrogens is 1. The first kappa shape index (κ1) is 14.9. The molecule has 0 aliphatic rings. The van der Waals surface area contributed by atoms with Crippen molar-refractivity contribution in [3.05, 3.63) is 52.8 Å². The minimum absolute atomic E-state index is 0.272. The average Bonchev–Trinajstić information content (AvgIpc) is 2.44. The molecule has 104 valence electrons. The lowest BCUT2D eigenvalue weighted by molar-refractivity contribution is -0.115. The van der Waals surface area contributed by atoms with Gasteiger partial charge in [0.05, 0.1) is 18.0 Å². The largest absolute Gasteiger partial charge is 0.378 e. The van der Waals surface area contributed by atoms with Crippen molar-refractivity contribution in [2.45, 2.75) is 11.4 Å². The topological polar surface area (TPSA) is 68.0 Å². The molecular formula is C14H14BrN3OS. The van der Waals surface area contributed by atoms with Gasteiger partial charge in [0.1, 0.15) is 4.60 Å². The molecule has 0 saturated heterocycles. The lowest BCUT2D eigenvalue weighted by atomic mass is 10.3. The number of rotatable bonds is 6. The van der Waals surface area contributed by atoms with Crippen LogP contribution in [-0.2, 0) is 11.3 Å². The molecule has 0 fully saturated rings. The highest BCUT2D eigenvalue weighted by Gasteiger charge is 2.04. The van der Waals surface area contributed by atoms with E-state index in [-0.39, 0.29) is 11.7 Å². The zero-order valence-corrected chi connectivity index (χ0v) is 13.1. The Balaban J connectivity index is 2.03. The molecule has 2 rings (SSSR count). The van der Waals surface area contributed by atoms with Crippen molar-refractivity contribution < 1.29 is 4.79 Å². The van der Waals surface area contributed by atoms with Gasteiger partial charge in [-0.15, -0.1) is 11.8 Å². The summed E-state index contributed by atoms with van der Waals surface area (Å²) in [5, 5.41) is 3.32. The number of halogens is 1. The highest BCUT2D eigenvalue weighted by molar-refractivity contribution is 9.10. The molecule has 0 radical (unpaired) electrons. The Bertz CT molecular complexity index is 606. The van der Waals surface area contributed by atoms with Crippen LogP contribution in [0.15, 0.2) is 52.0 Å². The molecule has 6 heteroatoms. The summed E-state index contributed by atoms with van der Waals surface area (Å²) < 4.78 is 0.813. The molecule has 0 unspecified atom stereocenters. The fraction of sp³-hybridized carbons (Fsp3) is 0.143. The number of hydrogen-bond acceptors (Lipinski definition) is 4. The van der Waals surface area contributed by atoms with Gasteiger partial charge in [0.25, 0.3) is 0 Å². The fourth-order valence-corrected chi connectivity index (χ4v) is 2.77. The van der Waals surface area contributed by atoms with Crippen molar-refractivity contribution in [1.29, 1.82) is 0 Å². The summed E-state index contributed by atoms with van der Waals surface area (Å²) in [5.74, 6) is -0.0492. The maximum Gasteiger partial charge on any atom is 0.227 e. The van der Waals surface area contributed by atoms with E-state index in [0.29, 0.717) is 6.54 Å². The molecular weight excluding hydrogens is 338 g/mol. The molecule has 2 aromatic rings. The summed E-state index contributed by atoms with van der Waals surface area (Å²) >= 11 is 4.78. The highest BCUT2D eigenvalue weighted by Crippen LogP contribution is 2.27. The number of para-hydroxylation sites is 1. The van der Waals surface area contributed by atoms with Crippen LogP contribution in [0.2, 0.25) is 0 Å². The van der Waals surface area contributed by atoms with E-state index in [1.807, 2.05) is 42.5 Å². The van der Waals surface area contributed by atoms with Crippen LogP contribution >= 0.6 is 27.7 Å². The van der Waals surface area contributed by atoms with Crippen LogP contribution in [-0.4, -0.2) is 16.6 Å². The molecule has 1 amide bonds. The van der Waals surface area contributed by atoms with Crippen LogP contribution in [0.25, 0.3) is 0 Å². The zero-order valence-electron chi connectivity index (χ0n) is 10.7. The second-order valence-corrected chi connectivity index (χ2v) is 5.89. The quantitative estimate of drug-likeness (QED) is 0.619.